The molecular weight excluding hydrogens is 324 g/mol. The molecule has 2 fully saturated rings. The molecule has 0 radical (unpaired) electrons. The molecule has 2 heterocycles. The summed E-state index contributed by atoms with van der Waals surface area (Å²) in [5.74, 6) is 0.449. The number of carbonyl (C=O) groups excluding carboxylic acids is 2. The highest BCUT2D eigenvalue weighted by Crippen LogP contribution is 2.41. The predicted octanol–water partition coefficient (Wildman–Crippen LogP) is 3.51. The van der Waals surface area contributed by atoms with Crippen LogP contribution in [0.4, 0.5) is 0 Å². The van der Waals surface area contributed by atoms with Crippen LogP contribution in [-0.4, -0.2) is 47.8 Å². The molecule has 1 spiro atoms. The zero-order chi connectivity index (χ0) is 18.8. The number of carbonyl (C=O) groups is 2. The molecule has 0 saturated carbocycles. The second kappa shape index (κ2) is 7.42. The largest absolute Gasteiger partial charge is 0.342 e. The van der Waals surface area contributed by atoms with Crippen molar-refractivity contribution in [2.24, 2.45) is 10.8 Å². The summed E-state index contributed by atoms with van der Waals surface area (Å²) in [4.78, 5) is 29.8. The molecule has 1 atom stereocenters. The first-order chi connectivity index (χ1) is 12.3. The van der Waals surface area contributed by atoms with Crippen molar-refractivity contribution < 1.29 is 9.59 Å². The van der Waals surface area contributed by atoms with E-state index in [1.165, 1.54) is 5.56 Å². The predicted molar refractivity (Wildman–Crippen MR) is 104 cm³/mol. The minimum atomic E-state index is -0.376. The summed E-state index contributed by atoms with van der Waals surface area (Å²) in [7, 11) is 0. The normalized spacial score (nSPS) is 23.7. The number of nitrogens with zero attached hydrogens (tertiary/aromatic N) is 2. The first-order valence-corrected chi connectivity index (χ1v) is 9.95. The van der Waals surface area contributed by atoms with Crippen molar-refractivity contribution in [3.8, 4) is 0 Å². The SMILES string of the molecule is CC(C)(C)C(=O)N1CC[C@]2(CCCN(CCCc3ccccc3)C2=O)C1. The monoisotopic (exact) mass is 356 g/mol. The van der Waals surface area contributed by atoms with E-state index < -0.39 is 0 Å². The summed E-state index contributed by atoms with van der Waals surface area (Å²) >= 11 is 0. The summed E-state index contributed by atoms with van der Waals surface area (Å²) in [6, 6.07) is 10.5. The smallest absolute Gasteiger partial charge is 0.230 e. The quantitative estimate of drug-likeness (QED) is 0.828. The average molecular weight is 357 g/mol. The van der Waals surface area contributed by atoms with Gasteiger partial charge in [-0.05, 0) is 37.7 Å². The maximum Gasteiger partial charge on any atom is 0.230 e. The second-order valence-electron chi connectivity index (χ2n) is 8.99. The molecule has 0 unspecified atom stereocenters. The Morgan fingerprint density at radius 3 is 2.54 bits per heavy atom. The molecule has 0 aromatic heterocycles. The third kappa shape index (κ3) is 3.94. The maximum absolute atomic E-state index is 13.2. The molecule has 0 aliphatic carbocycles. The molecule has 1 aromatic rings. The highest BCUT2D eigenvalue weighted by atomic mass is 16.2. The second-order valence-corrected chi connectivity index (χ2v) is 8.99. The van der Waals surface area contributed by atoms with Crippen molar-refractivity contribution in [3.05, 3.63) is 35.9 Å². The van der Waals surface area contributed by atoms with Crippen LogP contribution in [0, 0.1) is 10.8 Å². The molecule has 0 bridgehead atoms. The number of hydrogen-bond acceptors (Lipinski definition) is 2. The van der Waals surface area contributed by atoms with Gasteiger partial charge in [-0.3, -0.25) is 9.59 Å². The average Bonchev–Trinajstić information content (AvgIpc) is 3.03. The fourth-order valence-corrected chi connectivity index (χ4v) is 4.38. The highest BCUT2D eigenvalue weighted by molar-refractivity contribution is 5.87. The minimum Gasteiger partial charge on any atom is -0.342 e. The first kappa shape index (κ1) is 18.9. The number of amides is 2. The number of aryl methyl sites for hydroxylation is 1. The summed E-state index contributed by atoms with van der Waals surface area (Å²) in [5.41, 5.74) is 0.624. The topological polar surface area (TPSA) is 40.6 Å². The first-order valence-electron chi connectivity index (χ1n) is 9.95. The third-order valence-electron chi connectivity index (χ3n) is 5.84. The Morgan fingerprint density at radius 1 is 1.12 bits per heavy atom. The van der Waals surface area contributed by atoms with Crippen LogP contribution in [0.25, 0.3) is 0 Å². The van der Waals surface area contributed by atoms with Crippen LogP contribution in [0.1, 0.15) is 52.0 Å². The lowest BCUT2D eigenvalue weighted by molar-refractivity contribution is -0.147. The van der Waals surface area contributed by atoms with Crippen LogP contribution >= 0.6 is 0 Å². The van der Waals surface area contributed by atoms with Crippen LogP contribution < -0.4 is 0 Å². The summed E-state index contributed by atoms with van der Waals surface area (Å²) in [6.07, 6.45) is 4.80. The standard InChI is InChI=1S/C22H32N2O2/c1-21(2,3)19(25)24-16-13-22(17-24)12-8-15-23(20(22)26)14-7-11-18-9-5-4-6-10-18/h4-6,9-10H,7-8,11-17H2,1-3H3/t22-/m1/s1. The van der Waals surface area contributed by atoms with E-state index in [2.05, 4.69) is 29.2 Å². The molecule has 4 nitrogen and oxygen atoms in total. The fraction of sp³-hybridized carbons (Fsp3) is 0.636. The van der Waals surface area contributed by atoms with Crippen LogP contribution in [-0.2, 0) is 16.0 Å². The van der Waals surface area contributed by atoms with Gasteiger partial charge in [0.15, 0.2) is 0 Å². The van der Waals surface area contributed by atoms with Gasteiger partial charge in [-0.25, -0.2) is 0 Å². The van der Waals surface area contributed by atoms with Crippen LogP contribution in [0.2, 0.25) is 0 Å². The number of hydrogen-bond donors (Lipinski definition) is 0. The van der Waals surface area contributed by atoms with E-state index in [9.17, 15) is 9.59 Å². The maximum atomic E-state index is 13.2. The zero-order valence-electron chi connectivity index (χ0n) is 16.5. The van der Waals surface area contributed by atoms with E-state index in [0.717, 1.165) is 51.7 Å². The van der Waals surface area contributed by atoms with Gasteiger partial charge in [0.2, 0.25) is 11.8 Å². The van der Waals surface area contributed by atoms with Gasteiger partial charge in [0.25, 0.3) is 0 Å². The van der Waals surface area contributed by atoms with Crippen molar-refractivity contribution in [1.82, 2.24) is 9.80 Å². The Bertz CT molecular complexity index is 650. The van der Waals surface area contributed by atoms with Gasteiger partial charge in [-0.2, -0.15) is 0 Å². The van der Waals surface area contributed by atoms with E-state index in [-0.39, 0.29) is 22.6 Å². The van der Waals surface area contributed by atoms with Gasteiger partial charge in [0.1, 0.15) is 0 Å². The highest BCUT2D eigenvalue weighted by Gasteiger charge is 2.50. The van der Waals surface area contributed by atoms with E-state index in [1.807, 2.05) is 31.7 Å². The Balaban J connectivity index is 1.58. The van der Waals surface area contributed by atoms with Gasteiger partial charge in [0.05, 0.1) is 5.41 Å². The molecule has 142 valence electrons. The van der Waals surface area contributed by atoms with Crippen LogP contribution in [0.3, 0.4) is 0 Å². The Kier molecular flexibility index (Phi) is 5.40. The molecule has 3 rings (SSSR count). The number of piperidine rings is 1. The Labute approximate surface area is 157 Å². The molecule has 4 heteroatoms. The van der Waals surface area contributed by atoms with Crippen molar-refractivity contribution in [2.45, 2.75) is 52.9 Å². The molecule has 26 heavy (non-hydrogen) atoms. The van der Waals surface area contributed by atoms with Gasteiger partial charge >= 0.3 is 0 Å². The zero-order valence-corrected chi connectivity index (χ0v) is 16.5. The molecule has 2 amide bonds. The van der Waals surface area contributed by atoms with E-state index >= 15 is 0 Å². The van der Waals surface area contributed by atoms with Crippen molar-refractivity contribution >= 4 is 11.8 Å². The lowest BCUT2D eigenvalue weighted by atomic mass is 9.78. The third-order valence-corrected chi connectivity index (χ3v) is 5.84. The molecule has 1 aromatic carbocycles. The van der Waals surface area contributed by atoms with Gasteiger partial charge in [0, 0.05) is 31.6 Å². The lowest BCUT2D eigenvalue weighted by Gasteiger charge is -2.39. The van der Waals surface area contributed by atoms with E-state index in [1.54, 1.807) is 0 Å². The summed E-state index contributed by atoms with van der Waals surface area (Å²) < 4.78 is 0. The molecule has 2 saturated heterocycles. The fourth-order valence-electron chi connectivity index (χ4n) is 4.38. The Morgan fingerprint density at radius 2 is 1.85 bits per heavy atom. The Hall–Kier alpha value is -1.84. The summed E-state index contributed by atoms with van der Waals surface area (Å²) in [5, 5.41) is 0. The number of likely N-dealkylation sites (tertiary alicyclic amines) is 2. The van der Waals surface area contributed by atoms with Gasteiger partial charge < -0.3 is 9.80 Å². The summed E-state index contributed by atoms with van der Waals surface area (Å²) in [6.45, 7) is 8.89. The van der Waals surface area contributed by atoms with Crippen molar-refractivity contribution in [2.75, 3.05) is 26.2 Å². The van der Waals surface area contributed by atoms with E-state index in [4.69, 9.17) is 0 Å². The minimum absolute atomic E-state index is 0.170. The molecule has 2 aliphatic heterocycles. The van der Waals surface area contributed by atoms with Gasteiger partial charge in [-0.15, -0.1) is 0 Å². The van der Waals surface area contributed by atoms with E-state index in [0.29, 0.717) is 6.54 Å². The molecule has 0 N–H and O–H groups in total. The molecular formula is C22H32N2O2. The number of benzene rings is 1. The lowest BCUT2D eigenvalue weighted by Crippen LogP contribution is -2.51. The van der Waals surface area contributed by atoms with Crippen LogP contribution in [0.15, 0.2) is 30.3 Å². The van der Waals surface area contributed by atoms with Gasteiger partial charge in [-0.1, -0.05) is 51.1 Å². The molecule has 2 aliphatic rings. The van der Waals surface area contributed by atoms with Crippen molar-refractivity contribution in [1.29, 1.82) is 0 Å². The number of rotatable bonds is 4. The van der Waals surface area contributed by atoms with Crippen molar-refractivity contribution in [3.63, 3.8) is 0 Å². The van der Waals surface area contributed by atoms with Crippen LogP contribution in [0.5, 0.6) is 0 Å².